The Kier molecular flexibility index (Phi) is 11.1. The highest BCUT2D eigenvalue weighted by atomic mass is 35.5. The maximum Gasteiger partial charge on any atom is 0.296 e. The van der Waals surface area contributed by atoms with E-state index >= 15 is 0 Å². The van der Waals surface area contributed by atoms with Gasteiger partial charge in [0.25, 0.3) is 36.3 Å². The van der Waals surface area contributed by atoms with E-state index in [-0.39, 0.29) is 33.6 Å². The topological polar surface area (TPSA) is 273 Å². The van der Waals surface area contributed by atoms with Crippen molar-refractivity contribution < 1.29 is 57.2 Å². The van der Waals surface area contributed by atoms with E-state index in [1.165, 1.54) is 42.5 Å². The number of nitrogen functional groups attached to an aromatic ring is 1. The van der Waals surface area contributed by atoms with Crippen LogP contribution in [0.3, 0.4) is 0 Å². The van der Waals surface area contributed by atoms with E-state index in [0.29, 0.717) is 28.5 Å². The van der Waals surface area contributed by atoms with Crippen LogP contribution in [-0.2, 0) is 45.9 Å². The maximum absolute atomic E-state index is 12.4. The Labute approximate surface area is 268 Å². The van der Waals surface area contributed by atoms with Gasteiger partial charge in [0.05, 0.1) is 17.2 Å². The number of nitrogens with two attached hydrogens (primary N) is 1. The van der Waals surface area contributed by atoms with Gasteiger partial charge >= 0.3 is 0 Å². The molecule has 1 amide bonds. The van der Waals surface area contributed by atoms with E-state index in [4.69, 9.17) is 21.9 Å². The summed E-state index contributed by atoms with van der Waals surface area (Å²) in [5.74, 6) is -1.38. The van der Waals surface area contributed by atoms with Gasteiger partial charge in [0.2, 0.25) is 0 Å². The predicted molar refractivity (Wildman–Crippen MR) is 169 cm³/mol. The number of benzene rings is 4. The molecule has 0 radical (unpaired) electrons. The summed E-state index contributed by atoms with van der Waals surface area (Å²) >= 11 is 5.44. The van der Waals surface area contributed by atoms with Crippen molar-refractivity contribution in [3.63, 3.8) is 0 Å². The van der Waals surface area contributed by atoms with E-state index in [1.54, 1.807) is 18.2 Å². The molecule has 0 saturated carbocycles. The Morgan fingerprint density at radius 1 is 0.717 bits per heavy atom. The van der Waals surface area contributed by atoms with Gasteiger partial charge < -0.3 is 16.2 Å². The standard InChI is InChI=1S/C16H17ClN2O9S3.C10H8O4S/c17-5-6-29(21,22)9-10-1-3-11(4-2-10)16(20)19-12-7-13(30(23,24)25)15(18)14(8-12)31(26,27)28;11-9-5-6-10(15(12,13)14)8-4-2-1-3-7(8)9/h1-4,7-8H,5-6,9,18H2,(H,19,20)(H,23,24,25)(H,26,27,28);1-6,11H,(H,12,13,14). The van der Waals surface area contributed by atoms with Crippen LogP contribution in [0, 0.1) is 0 Å². The van der Waals surface area contributed by atoms with Crippen molar-refractivity contribution in [3.05, 3.63) is 83.9 Å². The lowest BCUT2D eigenvalue weighted by Crippen LogP contribution is -2.15. The van der Waals surface area contributed by atoms with Crippen LogP contribution in [0.5, 0.6) is 5.75 Å². The molecule has 4 aromatic carbocycles. The SMILES string of the molecule is Nc1c(S(=O)(=O)O)cc(NC(=O)c2ccc(CS(=O)(=O)CCCl)cc2)cc1S(=O)(=O)O.O=S(=O)(O)c1ccc(O)c2ccccc12. The van der Waals surface area contributed by atoms with Crippen LogP contribution in [0.1, 0.15) is 15.9 Å². The summed E-state index contributed by atoms with van der Waals surface area (Å²) in [6, 6.07) is 15.6. The molecule has 4 aromatic rings. The van der Waals surface area contributed by atoms with Crippen molar-refractivity contribution in [1.29, 1.82) is 0 Å². The molecule has 0 aromatic heterocycles. The summed E-state index contributed by atoms with van der Waals surface area (Å²) in [7, 11) is -17.6. The third-order valence-electron chi connectivity index (χ3n) is 6.05. The summed E-state index contributed by atoms with van der Waals surface area (Å²) in [5, 5.41) is 12.4. The molecule has 0 aliphatic rings. The first-order valence-electron chi connectivity index (χ1n) is 12.4. The first-order valence-corrected chi connectivity index (χ1v) is 19.0. The monoisotopic (exact) mass is 736 g/mol. The third kappa shape index (κ3) is 9.36. The van der Waals surface area contributed by atoms with Crippen LogP contribution in [-0.4, -0.2) is 70.0 Å². The van der Waals surface area contributed by atoms with Crippen LogP contribution >= 0.6 is 11.6 Å². The number of carbonyl (C=O) groups is 1. The summed E-state index contributed by atoms with van der Waals surface area (Å²) < 4.78 is 119. The Balaban J connectivity index is 0.000000318. The summed E-state index contributed by atoms with van der Waals surface area (Å²) in [4.78, 5) is 10.2. The normalized spacial score (nSPS) is 12.3. The Hall–Kier alpha value is -3.82. The molecular formula is C26H25ClN2O13S4. The van der Waals surface area contributed by atoms with E-state index < -0.39 is 67.3 Å². The predicted octanol–water partition coefficient (Wildman–Crippen LogP) is 2.96. The number of anilines is 2. The van der Waals surface area contributed by atoms with Crippen LogP contribution in [0.15, 0.2) is 87.5 Å². The molecule has 0 atom stereocenters. The Morgan fingerprint density at radius 2 is 1.22 bits per heavy atom. The van der Waals surface area contributed by atoms with E-state index in [1.807, 2.05) is 0 Å². The minimum atomic E-state index is -4.99. The second kappa shape index (κ2) is 13.9. The molecule has 0 saturated heterocycles. The number of amides is 1. The van der Waals surface area contributed by atoms with E-state index in [9.17, 15) is 52.7 Å². The highest BCUT2D eigenvalue weighted by Gasteiger charge is 2.25. The van der Waals surface area contributed by atoms with Crippen LogP contribution in [0.25, 0.3) is 10.8 Å². The van der Waals surface area contributed by atoms with Gasteiger partial charge in [0.1, 0.15) is 20.4 Å². The van der Waals surface area contributed by atoms with Gasteiger partial charge in [-0.3, -0.25) is 18.5 Å². The van der Waals surface area contributed by atoms with Gasteiger partial charge in [-0.05, 0) is 42.0 Å². The van der Waals surface area contributed by atoms with Gasteiger partial charge in [-0.1, -0.05) is 36.4 Å². The fourth-order valence-corrected chi connectivity index (χ4v) is 7.85. The number of carbonyl (C=O) groups excluding carboxylic acids is 1. The zero-order chi connectivity index (χ0) is 34.7. The number of sulfone groups is 1. The largest absolute Gasteiger partial charge is 0.507 e. The Bertz CT molecular complexity index is 2190. The number of fused-ring (bicyclic) bond motifs is 1. The molecule has 0 bridgehead atoms. The van der Waals surface area contributed by atoms with Crippen molar-refractivity contribution in [2.45, 2.75) is 20.4 Å². The molecule has 0 spiro atoms. The van der Waals surface area contributed by atoms with Crippen molar-refractivity contribution in [2.24, 2.45) is 0 Å². The molecule has 4 rings (SSSR count). The fraction of sp³-hybridized carbons (Fsp3) is 0.115. The van der Waals surface area contributed by atoms with Gasteiger partial charge in [-0.25, -0.2) is 8.42 Å². The molecule has 0 aliphatic carbocycles. The lowest BCUT2D eigenvalue weighted by Gasteiger charge is -2.12. The number of aromatic hydroxyl groups is 1. The number of hydrogen-bond donors (Lipinski definition) is 6. The number of hydrogen-bond acceptors (Lipinski definition) is 11. The highest BCUT2D eigenvalue weighted by Crippen LogP contribution is 2.31. The van der Waals surface area contributed by atoms with E-state index in [2.05, 4.69) is 5.32 Å². The van der Waals surface area contributed by atoms with Crippen molar-refractivity contribution in [3.8, 4) is 5.75 Å². The minimum absolute atomic E-state index is 0.0157. The molecular weight excluding hydrogens is 712 g/mol. The molecule has 7 N–H and O–H groups in total. The van der Waals surface area contributed by atoms with Gasteiger partial charge in [0, 0.05) is 27.9 Å². The summed E-state index contributed by atoms with van der Waals surface area (Å²) in [5.41, 5.74) is 4.51. The van der Waals surface area contributed by atoms with Gasteiger partial charge in [0.15, 0.2) is 9.84 Å². The summed E-state index contributed by atoms with van der Waals surface area (Å²) in [6.07, 6.45) is 0. The lowest BCUT2D eigenvalue weighted by atomic mass is 10.1. The second-order valence-corrected chi connectivity index (χ2v) is 16.1. The molecule has 248 valence electrons. The van der Waals surface area contributed by atoms with Gasteiger partial charge in [-0.15, -0.1) is 11.6 Å². The molecule has 15 nitrogen and oxygen atoms in total. The number of phenols is 1. The summed E-state index contributed by atoms with van der Waals surface area (Å²) in [6.45, 7) is 0. The number of phenolic OH excluding ortho intramolecular Hbond substituents is 1. The zero-order valence-electron chi connectivity index (χ0n) is 23.1. The maximum atomic E-state index is 12.4. The van der Waals surface area contributed by atoms with Gasteiger partial charge in [-0.2, -0.15) is 25.3 Å². The minimum Gasteiger partial charge on any atom is -0.507 e. The first kappa shape index (κ1) is 36.6. The second-order valence-electron chi connectivity index (χ2n) is 9.37. The molecule has 20 heteroatoms. The molecule has 0 fully saturated rings. The third-order valence-corrected chi connectivity index (χ3v) is 10.8. The molecule has 0 heterocycles. The van der Waals surface area contributed by atoms with Crippen LogP contribution < -0.4 is 11.1 Å². The molecule has 0 unspecified atom stereocenters. The number of rotatable bonds is 9. The van der Waals surface area contributed by atoms with Crippen LogP contribution in [0.4, 0.5) is 11.4 Å². The number of nitrogens with one attached hydrogen (secondary N) is 1. The smallest absolute Gasteiger partial charge is 0.296 e. The number of alkyl halides is 1. The lowest BCUT2D eigenvalue weighted by molar-refractivity contribution is 0.102. The average Bonchev–Trinajstić information content (AvgIpc) is 2.93. The average molecular weight is 737 g/mol. The highest BCUT2D eigenvalue weighted by molar-refractivity contribution is 7.90. The van der Waals surface area contributed by atoms with Crippen molar-refractivity contribution in [2.75, 3.05) is 22.7 Å². The first-order chi connectivity index (χ1) is 21.1. The van der Waals surface area contributed by atoms with E-state index in [0.717, 1.165) is 0 Å². The molecule has 46 heavy (non-hydrogen) atoms. The van der Waals surface area contributed by atoms with Crippen molar-refractivity contribution in [1.82, 2.24) is 0 Å². The quantitative estimate of drug-likeness (QED) is 0.0819. The van der Waals surface area contributed by atoms with Crippen LogP contribution in [0.2, 0.25) is 0 Å². The zero-order valence-corrected chi connectivity index (χ0v) is 27.1. The Morgan fingerprint density at radius 3 is 1.70 bits per heavy atom. The molecule has 0 aliphatic heterocycles. The van der Waals surface area contributed by atoms with Crippen molar-refractivity contribution >= 4 is 79.8 Å². The number of halogens is 1. The fourth-order valence-electron chi connectivity index (χ4n) is 3.98.